The van der Waals surface area contributed by atoms with E-state index in [2.05, 4.69) is 63.3 Å². The maximum Gasteiger partial charge on any atom is 0.0163 e. The molecule has 0 spiro atoms. The number of nitrogens with one attached hydrogen (secondary N) is 1. The minimum Gasteiger partial charge on any atom is -0.313 e. The lowest BCUT2D eigenvalue weighted by Crippen LogP contribution is -2.64. The molecule has 1 N–H and O–H groups in total. The molecule has 1 heteroatoms. The van der Waals surface area contributed by atoms with Crippen molar-refractivity contribution in [1.29, 1.82) is 0 Å². The zero-order chi connectivity index (χ0) is 14.6. The number of hydrogen-bond donors (Lipinski definition) is 1. The number of hydrogen-bond acceptors (Lipinski definition) is 1. The summed E-state index contributed by atoms with van der Waals surface area (Å²) in [5.74, 6) is 1.53. The summed E-state index contributed by atoms with van der Waals surface area (Å²) in [6, 6.07) is 11.9. The van der Waals surface area contributed by atoms with Crippen molar-refractivity contribution in [3.8, 4) is 0 Å². The predicted octanol–water partition coefficient (Wildman–Crippen LogP) is 4.98. The minimum atomic E-state index is 0.456. The summed E-state index contributed by atoms with van der Waals surface area (Å²) in [7, 11) is 0. The van der Waals surface area contributed by atoms with Crippen molar-refractivity contribution in [1.82, 2.24) is 5.32 Å². The van der Waals surface area contributed by atoms with Gasteiger partial charge in [-0.15, -0.1) is 0 Å². The van der Waals surface area contributed by atoms with Gasteiger partial charge in [0, 0.05) is 6.04 Å². The van der Waals surface area contributed by atoms with Crippen molar-refractivity contribution < 1.29 is 0 Å². The van der Waals surface area contributed by atoms with Crippen LogP contribution in [0.25, 0.3) is 0 Å². The lowest BCUT2D eigenvalue weighted by Gasteiger charge is -2.62. The molecule has 3 atom stereocenters. The van der Waals surface area contributed by atoms with Crippen LogP contribution < -0.4 is 5.32 Å². The molecule has 0 radical (unpaired) electrons. The molecule has 20 heavy (non-hydrogen) atoms. The van der Waals surface area contributed by atoms with Gasteiger partial charge in [-0.2, -0.15) is 0 Å². The van der Waals surface area contributed by atoms with E-state index in [1.807, 2.05) is 0 Å². The van der Waals surface area contributed by atoms with Crippen LogP contribution in [0.2, 0.25) is 0 Å². The largest absolute Gasteiger partial charge is 0.313 e. The normalized spacial score (nSPS) is 28.1. The summed E-state index contributed by atoms with van der Waals surface area (Å²) in [4.78, 5) is 0. The second-order valence-electron chi connectivity index (χ2n) is 6.33. The molecule has 0 amide bonds. The molecule has 1 nitrogen and oxygen atoms in total. The van der Waals surface area contributed by atoms with Crippen molar-refractivity contribution in [3.63, 3.8) is 0 Å². The summed E-state index contributed by atoms with van der Waals surface area (Å²) < 4.78 is 0. The van der Waals surface area contributed by atoms with E-state index in [1.165, 1.54) is 25.7 Å². The molecule has 2 rings (SSSR count). The van der Waals surface area contributed by atoms with Crippen LogP contribution in [0.3, 0.4) is 0 Å². The molecule has 3 unspecified atom stereocenters. The van der Waals surface area contributed by atoms with Crippen LogP contribution in [0.4, 0.5) is 0 Å². The van der Waals surface area contributed by atoms with Gasteiger partial charge in [-0.05, 0) is 48.6 Å². The third-order valence-electron chi connectivity index (χ3n) is 5.66. The van der Waals surface area contributed by atoms with Gasteiger partial charge in [0.1, 0.15) is 0 Å². The molecule has 0 aliphatic heterocycles. The number of benzene rings is 1. The fourth-order valence-corrected chi connectivity index (χ4v) is 4.62. The van der Waals surface area contributed by atoms with Crippen molar-refractivity contribution >= 4 is 0 Å². The zero-order valence-corrected chi connectivity index (χ0v) is 13.7. The van der Waals surface area contributed by atoms with Gasteiger partial charge in [-0.25, -0.2) is 0 Å². The molecule has 1 aromatic rings. The van der Waals surface area contributed by atoms with Crippen molar-refractivity contribution in [3.05, 3.63) is 35.9 Å². The fourth-order valence-electron chi connectivity index (χ4n) is 4.62. The molecule has 1 fully saturated rings. The lowest BCUT2D eigenvalue weighted by molar-refractivity contribution is -0.0504. The summed E-state index contributed by atoms with van der Waals surface area (Å²) in [5, 5.41) is 3.86. The van der Waals surface area contributed by atoms with Gasteiger partial charge in [-0.1, -0.05) is 64.4 Å². The summed E-state index contributed by atoms with van der Waals surface area (Å²) in [6.07, 6.45) is 5.07. The second kappa shape index (κ2) is 6.76. The van der Waals surface area contributed by atoms with Crippen LogP contribution in [0.5, 0.6) is 0 Å². The van der Waals surface area contributed by atoms with Crippen LogP contribution in [-0.4, -0.2) is 12.6 Å². The first-order valence-electron chi connectivity index (χ1n) is 8.53. The van der Waals surface area contributed by atoms with Crippen LogP contribution in [0.1, 0.15) is 64.9 Å². The average Bonchev–Trinajstić information content (AvgIpc) is 2.49. The monoisotopic (exact) mass is 273 g/mol. The standard InChI is InChI=1S/C19H31N/c1-5-14-20-18-16(6-2)17(19(18,7-3)8-4)15-12-10-9-11-13-15/h9-13,16-18,20H,5-8,14H2,1-4H3. The van der Waals surface area contributed by atoms with Crippen molar-refractivity contribution in [2.45, 2.75) is 65.3 Å². The highest BCUT2D eigenvalue weighted by Gasteiger charge is 2.58. The summed E-state index contributed by atoms with van der Waals surface area (Å²) >= 11 is 0. The molecule has 0 saturated heterocycles. The van der Waals surface area contributed by atoms with Crippen LogP contribution in [0.15, 0.2) is 30.3 Å². The highest BCUT2D eigenvalue weighted by molar-refractivity contribution is 5.30. The Labute approximate surface area is 125 Å². The molecular formula is C19H31N. The molecule has 0 bridgehead atoms. The van der Waals surface area contributed by atoms with Gasteiger partial charge in [0.15, 0.2) is 0 Å². The third-order valence-corrected chi connectivity index (χ3v) is 5.66. The Balaban J connectivity index is 2.29. The Morgan fingerprint density at radius 3 is 2.15 bits per heavy atom. The molecule has 1 aliphatic carbocycles. The Morgan fingerprint density at radius 2 is 1.65 bits per heavy atom. The van der Waals surface area contributed by atoms with Crippen LogP contribution >= 0.6 is 0 Å². The summed E-state index contributed by atoms with van der Waals surface area (Å²) in [5.41, 5.74) is 2.01. The Kier molecular flexibility index (Phi) is 5.26. The highest BCUT2D eigenvalue weighted by Crippen LogP contribution is 2.61. The van der Waals surface area contributed by atoms with Gasteiger partial charge in [-0.3, -0.25) is 0 Å². The summed E-state index contributed by atoms with van der Waals surface area (Å²) in [6.45, 7) is 10.5. The molecule has 0 aromatic heterocycles. The predicted molar refractivity (Wildman–Crippen MR) is 88.1 cm³/mol. The smallest absolute Gasteiger partial charge is 0.0163 e. The zero-order valence-electron chi connectivity index (χ0n) is 13.7. The van der Waals surface area contributed by atoms with Gasteiger partial charge < -0.3 is 5.32 Å². The van der Waals surface area contributed by atoms with Gasteiger partial charge in [0.05, 0.1) is 0 Å². The van der Waals surface area contributed by atoms with Crippen molar-refractivity contribution in [2.24, 2.45) is 11.3 Å². The molecule has 112 valence electrons. The lowest BCUT2D eigenvalue weighted by atomic mass is 9.45. The fraction of sp³-hybridized carbons (Fsp3) is 0.684. The van der Waals surface area contributed by atoms with Gasteiger partial charge in [0.25, 0.3) is 0 Å². The van der Waals surface area contributed by atoms with Crippen LogP contribution in [-0.2, 0) is 0 Å². The maximum absolute atomic E-state index is 3.86. The van der Waals surface area contributed by atoms with E-state index in [1.54, 1.807) is 5.56 Å². The molecule has 1 aromatic carbocycles. The SMILES string of the molecule is CCCNC1C(CC)C(c2ccccc2)C1(CC)CC. The van der Waals surface area contributed by atoms with E-state index in [0.717, 1.165) is 18.4 Å². The van der Waals surface area contributed by atoms with E-state index < -0.39 is 0 Å². The third kappa shape index (κ3) is 2.41. The maximum atomic E-state index is 3.86. The Bertz CT molecular complexity index is 393. The van der Waals surface area contributed by atoms with Crippen LogP contribution in [0, 0.1) is 11.3 Å². The van der Waals surface area contributed by atoms with E-state index in [9.17, 15) is 0 Å². The average molecular weight is 273 g/mol. The van der Waals surface area contributed by atoms with Gasteiger partial charge >= 0.3 is 0 Å². The van der Waals surface area contributed by atoms with E-state index >= 15 is 0 Å². The first kappa shape index (κ1) is 15.6. The van der Waals surface area contributed by atoms with Gasteiger partial charge in [0.2, 0.25) is 0 Å². The van der Waals surface area contributed by atoms with E-state index in [-0.39, 0.29) is 0 Å². The first-order valence-corrected chi connectivity index (χ1v) is 8.53. The Hall–Kier alpha value is -0.820. The molecule has 0 heterocycles. The molecule has 1 saturated carbocycles. The van der Waals surface area contributed by atoms with E-state index in [4.69, 9.17) is 0 Å². The van der Waals surface area contributed by atoms with Crippen molar-refractivity contribution in [2.75, 3.05) is 6.54 Å². The molecule has 1 aliphatic rings. The number of rotatable bonds is 7. The quantitative estimate of drug-likeness (QED) is 0.738. The second-order valence-corrected chi connectivity index (χ2v) is 6.33. The highest BCUT2D eigenvalue weighted by atomic mass is 15.0. The Morgan fingerprint density at radius 1 is 1.00 bits per heavy atom. The molecular weight excluding hydrogens is 242 g/mol. The van der Waals surface area contributed by atoms with E-state index in [0.29, 0.717) is 11.5 Å². The minimum absolute atomic E-state index is 0.456. The topological polar surface area (TPSA) is 12.0 Å². The first-order chi connectivity index (χ1) is 9.75.